The first-order valence-corrected chi connectivity index (χ1v) is 13.2. The fourth-order valence-corrected chi connectivity index (χ4v) is 6.13. The number of amides is 1. The summed E-state index contributed by atoms with van der Waals surface area (Å²) in [6.07, 6.45) is 6.27. The van der Waals surface area contributed by atoms with E-state index in [0.29, 0.717) is 10.8 Å². The number of carbonyl (C=O) groups excluding carboxylic acids is 1. The number of ether oxygens (including phenoxy) is 1. The van der Waals surface area contributed by atoms with Gasteiger partial charge in [0, 0.05) is 56.4 Å². The number of fused-ring (bicyclic) bond motifs is 1. The number of halogens is 1. The maximum atomic E-state index is 12.5. The first kappa shape index (κ1) is 23.5. The summed E-state index contributed by atoms with van der Waals surface area (Å²) in [5, 5.41) is 9.21. The van der Waals surface area contributed by atoms with Crippen LogP contribution in [0.5, 0.6) is 0 Å². The van der Waals surface area contributed by atoms with Gasteiger partial charge in [0.15, 0.2) is 0 Å². The Bertz CT molecular complexity index is 1280. The van der Waals surface area contributed by atoms with Gasteiger partial charge in [-0.15, -0.1) is 0 Å². The van der Waals surface area contributed by atoms with E-state index in [1.165, 1.54) is 0 Å². The molecule has 0 saturated carbocycles. The number of benzene rings is 1. The Hall–Kier alpha value is -2.88. The van der Waals surface area contributed by atoms with Gasteiger partial charge >= 0.3 is 0 Å². The van der Waals surface area contributed by atoms with Crippen LogP contribution >= 0.6 is 11.6 Å². The van der Waals surface area contributed by atoms with Gasteiger partial charge in [0.1, 0.15) is 10.8 Å². The molecule has 1 aromatic carbocycles. The smallest absolute Gasteiger partial charge is 0.226 e. The van der Waals surface area contributed by atoms with Crippen LogP contribution in [0.1, 0.15) is 19.3 Å². The molecule has 0 aliphatic carbocycles. The lowest BCUT2D eigenvalue weighted by molar-refractivity contribution is -0.128. The molecule has 3 N–H and O–H groups in total. The number of pyridine rings is 1. The lowest BCUT2D eigenvalue weighted by atomic mass is 9.77. The highest BCUT2D eigenvalue weighted by molar-refractivity contribution is 6.36. The van der Waals surface area contributed by atoms with Gasteiger partial charge in [0.25, 0.3) is 0 Å². The SMILES string of the molecule is Nc1ncc(-c2ccc3c(cnn3CCN3CCOCC3)c2)c(N2CCC3(CCNC3=O)CC2)c1Cl. The molecule has 0 unspecified atom stereocenters. The Balaban J connectivity index is 1.26. The minimum Gasteiger partial charge on any atom is -0.382 e. The first-order valence-electron chi connectivity index (χ1n) is 12.8. The molecule has 3 aliphatic rings. The van der Waals surface area contributed by atoms with Crippen LogP contribution in [0.2, 0.25) is 5.02 Å². The van der Waals surface area contributed by atoms with Crippen molar-refractivity contribution in [3.8, 4) is 11.1 Å². The lowest BCUT2D eigenvalue weighted by Gasteiger charge is -2.39. The summed E-state index contributed by atoms with van der Waals surface area (Å²) in [6, 6.07) is 6.38. The van der Waals surface area contributed by atoms with Crippen LogP contribution in [0.25, 0.3) is 22.0 Å². The van der Waals surface area contributed by atoms with E-state index in [1.807, 2.05) is 12.4 Å². The number of piperidine rings is 1. The summed E-state index contributed by atoms with van der Waals surface area (Å²) in [5.74, 6) is 0.519. The van der Waals surface area contributed by atoms with E-state index in [0.717, 1.165) is 106 Å². The summed E-state index contributed by atoms with van der Waals surface area (Å²) in [4.78, 5) is 21.5. The number of nitrogen functional groups attached to an aromatic ring is 1. The van der Waals surface area contributed by atoms with Crippen molar-refractivity contribution in [3.05, 3.63) is 35.6 Å². The zero-order valence-electron chi connectivity index (χ0n) is 20.4. The largest absolute Gasteiger partial charge is 0.382 e. The van der Waals surface area contributed by atoms with E-state index >= 15 is 0 Å². The van der Waals surface area contributed by atoms with Crippen molar-refractivity contribution in [3.63, 3.8) is 0 Å². The van der Waals surface area contributed by atoms with E-state index in [-0.39, 0.29) is 11.3 Å². The average Bonchev–Trinajstić information content (AvgIpc) is 3.48. The molecule has 36 heavy (non-hydrogen) atoms. The number of carbonyl (C=O) groups is 1. The quantitative estimate of drug-likeness (QED) is 0.545. The zero-order valence-corrected chi connectivity index (χ0v) is 21.1. The van der Waals surface area contributed by atoms with E-state index in [9.17, 15) is 4.79 Å². The highest BCUT2D eigenvalue weighted by Crippen LogP contribution is 2.44. The Morgan fingerprint density at radius 1 is 1.08 bits per heavy atom. The predicted molar refractivity (Wildman–Crippen MR) is 141 cm³/mol. The molecule has 1 amide bonds. The number of anilines is 2. The summed E-state index contributed by atoms with van der Waals surface area (Å²) < 4.78 is 7.52. The van der Waals surface area contributed by atoms with E-state index in [4.69, 9.17) is 22.1 Å². The number of hydrogen-bond donors (Lipinski definition) is 2. The van der Waals surface area contributed by atoms with Gasteiger partial charge in [-0.25, -0.2) is 4.98 Å². The Kier molecular flexibility index (Phi) is 6.23. The first-order chi connectivity index (χ1) is 17.5. The molecule has 0 atom stereocenters. The van der Waals surface area contributed by atoms with Gasteiger partial charge < -0.3 is 20.7 Å². The number of hydrogen-bond acceptors (Lipinski definition) is 7. The number of nitrogens with one attached hydrogen (secondary N) is 1. The highest BCUT2D eigenvalue weighted by atomic mass is 35.5. The van der Waals surface area contributed by atoms with E-state index in [2.05, 4.69) is 48.1 Å². The summed E-state index contributed by atoms with van der Waals surface area (Å²) in [7, 11) is 0. The van der Waals surface area contributed by atoms with Gasteiger partial charge in [-0.3, -0.25) is 14.4 Å². The third-order valence-corrected chi connectivity index (χ3v) is 8.49. The molecule has 3 saturated heterocycles. The Morgan fingerprint density at radius 3 is 2.64 bits per heavy atom. The van der Waals surface area contributed by atoms with Gasteiger partial charge in [-0.2, -0.15) is 5.10 Å². The number of rotatable bonds is 5. The molecule has 2 aromatic heterocycles. The third-order valence-electron chi connectivity index (χ3n) is 8.11. The van der Waals surface area contributed by atoms with Crippen molar-refractivity contribution < 1.29 is 9.53 Å². The third kappa shape index (κ3) is 4.19. The second kappa shape index (κ2) is 9.53. The molecule has 190 valence electrons. The van der Waals surface area contributed by atoms with Crippen molar-refractivity contribution in [1.29, 1.82) is 0 Å². The molecule has 3 aromatic rings. The van der Waals surface area contributed by atoms with Crippen LogP contribution in [0, 0.1) is 5.41 Å². The molecule has 0 bridgehead atoms. The minimum absolute atomic E-state index is 0.193. The summed E-state index contributed by atoms with van der Waals surface area (Å²) >= 11 is 6.76. The predicted octanol–water partition coefficient (Wildman–Crippen LogP) is 2.77. The van der Waals surface area contributed by atoms with Gasteiger partial charge in [0.2, 0.25) is 5.91 Å². The maximum Gasteiger partial charge on any atom is 0.226 e. The van der Waals surface area contributed by atoms with Gasteiger partial charge in [-0.05, 0) is 37.0 Å². The van der Waals surface area contributed by atoms with Crippen molar-refractivity contribution in [2.75, 3.05) is 63.1 Å². The second-order valence-electron chi connectivity index (χ2n) is 10.1. The maximum absolute atomic E-state index is 12.5. The van der Waals surface area contributed by atoms with Gasteiger partial charge in [0.05, 0.1) is 42.6 Å². The van der Waals surface area contributed by atoms with Crippen LogP contribution in [-0.2, 0) is 16.1 Å². The molecule has 10 heteroatoms. The minimum atomic E-state index is -0.240. The number of morpholine rings is 1. The fraction of sp³-hybridized carbons (Fsp3) is 0.500. The molecular weight excluding hydrogens is 478 g/mol. The Labute approximate surface area is 215 Å². The van der Waals surface area contributed by atoms with Crippen LogP contribution < -0.4 is 16.0 Å². The number of aromatic nitrogens is 3. The molecule has 1 spiro atoms. The number of nitrogens with two attached hydrogens (primary N) is 1. The van der Waals surface area contributed by atoms with Crippen molar-refractivity contribution in [2.45, 2.75) is 25.8 Å². The molecular formula is C26H32ClN7O2. The molecule has 3 aliphatic heterocycles. The lowest BCUT2D eigenvalue weighted by Crippen LogP contribution is -2.44. The standard InChI is InChI=1S/C26H32ClN7O2/c27-22-23(33-7-4-26(5-8-33)3-6-29-25(26)35)20(17-30-24(22)28)18-1-2-21-19(15-18)16-31-34(21)10-9-32-11-13-36-14-12-32/h1-2,15-17H,3-14H2,(H2,28,30)(H,29,35). The average molecular weight is 510 g/mol. The molecule has 5 heterocycles. The molecule has 6 rings (SSSR count). The van der Waals surface area contributed by atoms with Crippen molar-refractivity contribution in [1.82, 2.24) is 25.0 Å². The van der Waals surface area contributed by atoms with Crippen LogP contribution in [-0.4, -0.2) is 78.1 Å². The van der Waals surface area contributed by atoms with Crippen LogP contribution in [0.3, 0.4) is 0 Å². The molecule has 0 radical (unpaired) electrons. The highest BCUT2D eigenvalue weighted by Gasteiger charge is 2.44. The molecule has 9 nitrogen and oxygen atoms in total. The van der Waals surface area contributed by atoms with Crippen molar-refractivity contribution >= 4 is 39.9 Å². The van der Waals surface area contributed by atoms with Gasteiger partial charge in [-0.1, -0.05) is 17.7 Å². The van der Waals surface area contributed by atoms with Crippen LogP contribution in [0.4, 0.5) is 11.5 Å². The fourth-order valence-electron chi connectivity index (χ4n) is 5.86. The Morgan fingerprint density at radius 2 is 1.89 bits per heavy atom. The number of nitrogens with zero attached hydrogens (tertiary/aromatic N) is 5. The van der Waals surface area contributed by atoms with E-state index < -0.39 is 0 Å². The zero-order chi connectivity index (χ0) is 24.7. The summed E-state index contributed by atoms with van der Waals surface area (Å²) in [5.41, 5.74) is 9.88. The molecule has 3 fully saturated rings. The van der Waals surface area contributed by atoms with E-state index in [1.54, 1.807) is 0 Å². The summed E-state index contributed by atoms with van der Waals surface area (Å²) in [6.45, 7) is 7.62. The normalized spacial score (nSPS) is 20.4. The topological polar surface area (TPSA) is 102 Å². The second-order valence-corrected chi connectivity index (χ2v) is 10.5. The van der Waals surface area contributed by atoms with Crippen molar-refractivity contribution in [2.24, 2.45) is 5.41 Å². The van der Waals surface area contributed by atoms with Crippen LogP contribution in [0.15, 0.2) is 30.6 Å². The monoisotopic (exact) mass is 509 g/mol.